The summed E-state index contributed by atoms with van der Waals surface area (Å²) in [5, 5.41) is 28.1. The molecule has 7 rings (SSSR count). The number of fused-ring (bicyclic) bond motifs is 2. The van der Waals surface area contributed by atoms with Gasteiger partial charge in [0.25, 0.3) is 10.0 Å². The molecule has 2 aliphatic rings. The minimum atomic E-state index is -3.76. The number of nitriles is 2. The van der Waals surface area contributed by atoms with Crippen LogP contribution in [0.3, 0.4) is 0 Å². The summed E-state index contributed by atoms with van der Waals surface area (Å²) in [4.78, 5) is 20.7. The quantitative estimate of drug-likeness (QED) is 0.199. The monoisotopic (exact) mass is 893 g/mol. The number of nitrogens with one attached hydrogen (secondary N) is 1. The zero-order chi connectivity index (χ0) is 35.3. The molecule has 2 aliphatic heterocycles. The SMILES string of the molecule is CN(c1ncnc2[nH]ccc12)N1CCCC(CC#N)C1.Cc1ccc(S(=O)(=O)n2ccc3c(N(C)N4CCCC(CC#N)C4)ncnc32)cc1.[CH3-].[W]. The van der Waals surface area contributed by atoms with Gasteiger partial charge in [-0.1, -0.05) is 17.7 Å². The predicted octanol–water partition coefficient (Wildman–Crippen LogP) is 5.34. The van der Waals surface area contributed by atoms with Crippen LogP contribution < -0.4 is 10.0 Å². The van der Waals surface area contributed by atoms with Crippen LogP contribution in [0.15, 0.2) is 66.3 Å². The van der Waals surface area contributed by atoms with Gasteiger partial charge in [-0.15, -0.1) is 0 Å². The second-order valence-electron chi connectivity index (χ2n) is 12.9. The van der Waals surface area contributed by atoms with E-state index in [-0.39, 0.29) is 33.4 Å². The Hall–Kier alpha value is -4.40. The Balaban J connectivity index is 0.000000241. The summed E-state index contributed by atoms with van der Waals surface area (Å²) in [7, 11) is 0.186. The Bertz CT molecular complexity index is 2120. The van der Waals surface area contributed by atoms with E-state index in [0.29, 0.717) is 41.5 Å². The molecule has 1 N–H and O–H groups in total. The van der Waals surface area contributed by atoms with Gasteiger partial charge in [0.05, 0.1) is 27.8 Å². The van der Waals surface area contributed by atoms with Gasteiger partial charge in [0.1, 0.15) is 18.3 Å². The largest absolute Gasteiger partial charge is 0.358 e. The molecule has 16 heteroatoms. The molecule has 0 amide bonds. The summed E-state index contributed by atoms with van der Waals surface area (Å²) >= 11 is 0. The molecule has 274 valence electrons. The summed E-state index contributed by atoms with van der Waals surface area (Å²) in [6.45, 7) is 5.48. The van der Waals surface area contributed by atoms with Crippen molar-refractivity contribution < 1.29 is 29.5 Å². The first-order chi connectivity index (χ1) is 24.2. The standard InChI is InChI=1S/C21H24N6O2S.C14H18N6.CH3.W/c1-16-5-7-18(8-6-16)30(28,29)27-13-10-19-20(23-15-24-21(19)27)25(2)26-12-3-4-17(14-26)9-11-22;1-19(20-8-2-3-11(9-20)4-6-15)14-12-5-7-16-13(12)17-10-18-14;;/h5-8,10,13,15,17H,3-4,9,12,14H2,1-2H3;5,7,10-11H,2-4,8-9H2,1H3,(H,16,17,18);1H3;/q;;-1;. The molecular weight excluding hydrogens is 848 g/mol. The molecule has 14 nitrogen and oxygen atoms in total. The van der Waals surface area contributed by atoms with Crippen LogP contribution >= 0.6 is 0 Å². The summed E-state index contributed by atoms with van der Waals surface area (Å²) in [6, 6.07) is 15.1. The molecule has 2 unspecified atom stereocenters. The fourth-order valence-corrected chi connectivity index (χ4v) is 8.10. The fourth-order valence-electron chi connectivity index (χ4n) is 6.80. The molecule has 52 heavy (non-hydrogen) atoms. The molecule has 0 radical (unpaired) electrons. The zero-order valence-electron chi connectivity index (χ0n) is 30.1. The van der Waals surface area contributed by atoms with Crippen molar-refractivity contribution >= 4 is 43.7 Å². The van der Waals surface area contributed by atoms with E-state index in [1.54, 1.807) is 36.7 Å². The molecule has 2 fully saturated rings. The molecular formula is C36H45N12O2SW-. The Kier molecular flexibility index (Phi) is 13.9. The molecule has 6 heterocycles. The van der Waals surface area contributed by atoms with E-state index in [2.05, 4.69) is 52.1 Å². The van der Waals surface area contributed by atoms with Crippen LogP contribution in [0, 0.1) is 48.8 Å². The number of benzene rings is 1. The van der Waals surface area contributed by atoms with Crippen LogP contribution in [-0.2, 0) is 31.1 Å². The molecule has 5 aromatic rings. The minimum absolute atomic E-state index is 0. The van der Waals surface area contributed by atoms with E-state index < -0.39 is 10.0 Å². The van der Waals surface area contributed by atoms with Crippen LogP contribution in [0.25, 0.3) is 22.1 Å². The predicted molar refractivity (Wildman–Crippen MR) is 197 cm³/mol. The average Bonchev–Trinajstić information content (AvgIpc) is 3.80. The van der Waals surface area contributed by atoms with Gasteiger partial charge in [-0.2, -0.15) is 10.5 Å². The number of hydrogen-bond acceptors (Lipinski definition) is 12. The maximum absolute atomic E-state index is 13.2. The van der Waals surface area contributed by atoms with Crippen molar-refractivity contribution in [1.82, 2.24) is 38.9 Å². The number of hydrazine groups is 2. The van der Waals surface area contributed by atoms with Gasteiger partial charge >= 0.3 is 0 Å². The van der Waals surface area contributed by atoms with E-state index in [1.165, 1.54) is 16.5 Å². The summed E-state index contributed by atoms with van der Waals surface area (Å²) in [5.74, 6) is 2.35. The minimum Gasteiger partial charge on any atom is -0.358 e. The zero-order valence-corrected chi connectivity index (χ0v) is 33.8. The maximum Gasteiger partial charge on any atom is 0.269 e. The summed E-state index contributed by atoms with van der Waals surface area (Å²) in [6.07, 6.45) is 11.9. The Morgan fingerprint density at radius 1 is 0.827 bits per heavy atom. The van der Waals surface area contributed by atoms with Gasteiger partial charge in [-0.3, -0.25) is 10.0 Å². The van der Waals surface area contributed by atoms with Crippen molar-refractivity contribution in [2.75, 3.05) is 50.3 Å². The topological polar surface area (TPSA) is 167 Å². The second-order valence-corrected chi connectivity index (χ2v) is 14.7. The van der Waals surface area contributed by atoms with Crippen LogP contribution in [0.4, 0.5) is 11.6 Å². The van der Waals surface area contributed by atoms with E-state index in [1.807, 2.05) is 38.3 Å². The number of aryl methyl sites for hydroxylation is 1. The Morgan fingerprint density at radius 2 is 1.38 bits per heavy atom. The van der Waals surface area contributed by atoms with E-state index in [4.69, 9.17) is 10.5 Å². The third-order valence-corrected chi connectivity index (χ3v) is 11.2. The molecule has 0 spiro atoms. The number of nitrogens with zero attached hydrogens (tertiary/aromatic N) is 11. The second kappa shape index (κ2) is 17.9. The molecule has 1 aromatic carbocycles. The van der Waals surface area contributed by atoms with Crippen molar-refractivity contribution in [3.8, 4) is 12.1 Å². The Labute approximate surface area is 320 Å². The maximum atomic E-state index is 13.2. The summed E-state index contributed by atoms with van der Waals surface area (Å²) < 4.78 is 27.5. The molecule has 2 atom stereocenters. The van der Waals surface area contributed by atoms with Crippen molar-refractivity contribution in [3.63, 3.8) is 0 Å². The molecule has 2 saturated heterocycles. The van der Waals surface area contributed by atoms with E-state index >= 15 is 0 Å². The van der Waals surface area contributed by atoms with Crippen molar-refractivity contribution in [2.24, 2.45) is 11.8 Å². The smallest absolute Gasteiger partial charge is 0.269 e. The van der Waals surface area contributed by atoms with Gasteiger partial charge in [-0.25, -0.2) is 42.3 Å². The number of hydrogen-bond donors (Lipinski definition) is 1. The third-order valence-electron chi connectivity index (χ3n) is 9.55. The number of anilines is 2. The van der Waals surface area contributed by atoms with E-state index in [0.717, 1.165) is 74.3 Å². The van der Waals surface area contributed by atoms with Crippen LogP contribution in [0.2, 0.25) is 0 Å². The molecule has 0 aliphatic carbocycles. The molecule has 4 aromatic heterocycles. The van der Waals surface area contributed by atoms with Gasteiger partial charge in [0, 0.05) is 86.6 Å². The first-order valence-corrected chi connectivity index (χ1v) is 18.3. The summed E-state index contributed by atoms with van der Waals surface area (Å²) in [5.41, 5.74) is 2.19. The van der Waals surface area contributed by atoms with E-state index in [9.17, 15) is 8.42 Å². The van der Waals surface area contributed by atoms with Crippen molar-refractivity contribution in [2.45, 2.75) is 50.3 Å². The normalized spacial score (nSPS) is 17.9. The average molecular weight is 894 g/mol. The first-order valence-electron chi connectivity index (χ1n) is 16.8. The van der Waals surface area contributed by atoms with Gasteiger partial charge in [-0.05, 0) is 68.7 Å². The van der Waals surface area contributed by atoms with Gasteiger partial charge in [0.15, 0.2) is 17.3 Å². The van der Waals surface area contributed by atoms with Crippen molar-refractivity contribution in [1.29, 1.82) is 10.5 Å². The van der Waals surface area contributed by atoms with Crippen LogP contribution in [-0.4, -0.2) is 87.6 Å². The number of piperidine rings is 2. The third kappa shape index (κ3) is 8.62. The van der Waals surface area contributed by atoms with Crippen LogP contribution in [0.5, 0.6) is 0 Å². The number of aromatic nitrogens is 6. The van der Waals surface area contributed by atoms with Crippen LogP contribution in [0.1, 0.15) is 44.1 Å². The molecule has 0 saturated carbocycles. The van der Waals surface area contributed by atoms with Gasteiger partial charge < -0.3 is 12.4 Å². The molecule has 0 bridgehead atoms. The number of aromatic amines is 1. The fraction of sp³-hybridized carbons (Fsp3) is 0.417. The first kappa shape index (κ1) is 40.4. The number of rotatable bonds is 8. The Morgan fingerprint density at radius 3 is 1.96 bits per heavy atom. The number of H-pyrrole nitrogens is 1. The van der Waals surface area contributed by atoms with Gasteiger partial charge in [0.2, 0.25) is 0 Å². The van der Waals surface area contributed by atoms with Crippen molar-refractivity contribution in [3.05, 3.63) is 74.4 Å².